The number of sulfonamides is 1. The van der Waals surface area contributed by atoms with E-state index in [-0.39, 0.29) is 17.2 Å². The van der Waals surface area contributed by atoms with E-state index in [2.05, 4.69) is 9.46 Å². The Hall–Kier alpha value is -2.95. The number of methoxy groups -OCH3 is 1. The molecule has 0 bridgehead atoms. The molecule has 0 aromatic heterocycles. The zero-order valence-electron chi connectivity index (χ0n) is 12.7. The molecule has 134 valence electrons. The Morgan fingerprint density at radius 3 is 2.44 bits per heavy atom. The van der Waals surface area contributed by atoms with E-state index in [1.165, 1.54) is 25.3 Å². The third-order valence-corrected chi connectivity index (χ3v) is 4.37. The number of alkyl halides is 2. The molecule has 25 heavy (non-hydrogen) atoms. The normalized spacial score (nSPS) is 11.2. The molecule has 0 aliphatic rings. The highest BCUT2D eigenvalue weighted by Crippen LogP contribution is 2.32. The Labute approximate surface area is 141 Å². The lowest BCUT2D eigenvalue weighted by atomic mass is 10.3. The van der Waals surface area contributed by atoms with Gasteiger partial charge in [-0.15, -0.1) is 0 Å². The highest BCUT2D eigenvalue weighted by atomic mass is 32.2. The van der Waals surface area contributed by atoms with Gasteiger partial charge in [-0.3, -0.25) is 14.8 Å². The summed E-state index contributed by atoms with van der Waals surface area (Å²) in [6, 6.07) is 8.17. The summed E-state index contributed by atoms with van der Waals surface area (Å²) in [7, 11) is -3.09. The van der Waals surface area contributed by atoms with Crippen LogP contribution < -0.4 is 14.2 Å². The van der Waals surface area contributed by atoms with Gasteiger partial charge in [0.25, 0.3) is 10.0 Å². The molecule has 1 N–H and O–H groups in total. The predicted octanol–water partition coefficient (Wildman–Crippen LogP) is 3.01. The monoisotopic (exact) mass is 374 g/mol. The Morgan fingerprint density at radius 2 is 1.84 bits per heavy atom. The number of hydrogen-bond donors (Lipinski definition) is 1. The van der Waals surface area contributed by atoms with Crippen molar-refractivity contribution in [1.29, 1.82) is 0 Å². The summed E-state index contributed by atoms with van der Waals surface area (Å²) in [5.74, 6) is -0.505. The second-order valence-corrected chi connectivity index (χ2v) is 6.25. The molecular formula is C14H12F2N2O6S. The second-order valence-electron chi connectivity index (χ2n) is 4.57. The summed E-state index contributed by atoms with van der Waals surface area (Å²) in [4.78, 5) is 9.76. The molecule has 0 amide bonds. The van der Waals surface area contributed by atoms with Crippen molar-refractivity contribution in [1.82, 2.24) is 0 Å². The highest BCUT2D eigenvalue weighted by Gasteiger charge is 2.23. The molecule has 0 saturated heterocycles. The van der Waals surface area contributed by atoms with Crippen molar-refractivity contribution in [3.8, 4) is 11.5 Å². The van der Waals surface area contributed by atoms with E-state index in [4.69, 9.17) is 4.74 Å². The van der Waals surface area contributed by atoms with Crippen molar-refractivity contribution >= 4 is 21.4 Å². The van der Waals surface area contributed by atoms with Crippen molar-refractivity contribution in [3.63, 3.8) is 0 Å². The summed E-state index contributed by atoms with van der Waals surface area (Å²) in [6.07, 6.45) is 0. The van der Waals surface area contributed by atoms with Crippen LogP contribution in [0.25, 0.3) is 0 Å². The minimum absolute atomic E-state index is 0.120. The SMILES string of the molecule is COc1ccc(S(=O)(=O)Nc2ccccc2OC(F)F)cc1[N+](=O)[O-]. The number of halogens is 2. The molecule has 0 heterocycles. The second kappa shape index (κ2) is 7.30. The van der Waals surface area contributed by atoms with Crippen LogP contribution in [0.2, 0.25) is 0 Å². The van der Waals surface area contributed by atoms with Gasteiger partial charge in [-0.25, -0.2) is 8.42 Å². The molecular weight excluding hydrogens is 362 g/mol. The first-order chi connectivity index (χ1) is 11.7. The van der Waals surface area contributed by atoms with Crippen molar-refractivity contribution < 1.29 is 31.6 Å². The predicted molar refractivity (Wildman–Crippen MR) is 83.5 cm³/mol. The number of hydrogen-bond acceptors (Lipinski definition) is 6. The first-order valence-corrected chi connectivity index (χ1v) is 8.12. The minimum Gasteiger partial charge on any atom is -0.490 e. The van der Waals surface area contributed by atoms with Gasteiger partial charge in [0, 0.05) is 6.07 Å². The van der Waals surface area contributed by atoms with Crippen molar-refractivity contribution in [2.75, 3.05) is 11.8 Å². The molecule has 0 aliphatic heterocycles. The maximum Gasteiger partial charge on any atom is 0.387 e. The fraction of sp³-hybridized carbons (Fsp3) is 0.143. The molecule has 2 aromatic rings. The summed E-state index contributed by atoms with van der Waals surface area (Å²) in [6.45, 7) is -3.15. The molecule has 8 nitrogen and oxygen atoms in total. The van der Waals surface area contributed by atoms with Crippen molar-refractivity contribution in [2.24, 2.45) is 0 Å². The lowest BCUT2D eigenvalue weighted by Gasteiger charge is -2.13. The molecule has 11 heteroatoms. The zero-order chi connectivity index (χ0) is 18.6. The van der Waals surface area contributed by atoms with Crippen LogP contribution in [0, 0.1) is 10.1 Å². The van der Waals surface area contributed by atoms with Crippen LogP contribution in [-0.2, 0) is 10.0 Å². The van der Waals surface area contributed by atoms with E-state index in [0.717, 1.165) is 24.3 Å². The van der Waals surface area contributed by atoms with Crippen LogP contribution >= 0.6 is 0 Å². The first kappa shape index (κ1) is 18.4. The largest absolute Gasteiger partial charge is 0.490 e. The van der Waals surface area contributed by atoms with Crippen LogP contribution in [0.3, 0.4) is 0 Å². The molecule has 0 spiro atoms. The fourth-order valence-electron chi connectivity index (χ4n) is 1.93. The van der Waals surface area contributed by atoms with Crippen molar-refractivity contribution in [2.45, 2.75) is 11.5 Å². The topological polar surface area (TPSA) is 108 Å². The van der Waals surface area contributed by atoms with Gasteiger partial charge in [0.05, 0.1) is 22.6 Å². The molecule has 0 unspecified atom stereocenters. The van der Waals surface area contributed by atoms with Gasteiger partial charge in [-0.1, -0.05) is 12.1 Å². The number of nitro benzene ring substituents is 1. The van der Waals surface area contributed by atoms with E-state index in [1.807, 2.05) is 0 Å². The summed E-state index contributed by atoms with van der Waals surface area (Å²) in [5.41, 5.74) is -0.788. The maximum atomic E-state index is 12.4. The third-order valence-electron chi connectivity index (χ3n) is 3.00. The van der Waals surface area contributed by atoms with Gasteiger partial charge in [0.15, 0.2) is 5.75 Å². The van der Waals surface area contributed by atoms with Gasteiger partial charge < -0.3 is 9.47 Å². The van der Waals surface area contributed by atoms with E-state index >= 15 is 0 Å². The molecule has 2 rings (SSSR count). The number of anilines is 1. The Bertz CT molecular complexity index is 889. The van der Waals surface area contributed by atoms with E-state index in [9.17, 15) is 27.3 Å². The molecule has 0 aliphatic carbocycles. The van der Waals surface area contributed by atoms with E-state index in [0.29, 0.717) is 0 Å². The highest BCUT2D eigenvalue weighted by molar-refractivity contribution is 7.92. The Kier molecular flexibility index (Phi) is 5.37. The van der Waals surface area contributed by atoms with Crippen LogP contribution in [0.15, 0.2) is 47.4 Å². The summed E-state index contributed by atoms with van der Waals surface area (Å²) in [5, 5.41) is 11.0. The Balaban J connectivity index is 2.41. The van der Waals surface area contributed by atoms with Gasteiger partial charge in [-0.05, 0) is 24.3 Å². The van der Waals surface area contributed by atoms with E-state index in [1.54, 1.807) is 0 Å². The zero-order valence-corrected chi connectivity index (χ0v) is 13.5. The average Bonchev–Trinajstić information content (AvgIpc) is 2.55. The molecule has 2 aromatic carbocycles. The number of para-hydroxylation sites is 2. The van der Waals surface area contributed by atoms with Gasteiger partial charge in [0.2, 0.25) is 0 Å². The Morgan fingerprint density at radius 1 is 1.16 bits per heavy atom. The van der Waals surface area contributed by atoms with E-state index < -0.39 is 32.1 Å². The molecule has 0 saturated carbocycles. The fourth-order valence-corrected chi connectivity index (χ4v) is 3.02. The minimum atomic E-state index is -4.29. The van der Waals surface area contributed by atoms with Crippen LogP contribution in [0.4, 0.5) is 20.2 Å². The number of rotatable bonds is 7. The summed E-state index contributed by atoms with van der Waals surface area (Å²) < 4.78 is 60.7. The smallest absolute Gasteiger partial charge is 0.387 e. The lowest BCUT2D eigenvalue weighted by molar-refractivity contribution is -0.386. The number of nitrogens with one attached hydrogen (secondary N) is 1. The quantitative estimate of drug-likeness (QED) is 0.590. The average molecular weight is 374 g/mol. The van der Waals surface area contributed by atoms with Crippen LogP contribution in [0.5, 0.6) is 11.5 Å². The van der Waals surface area contributed by atoms with Crippen LogP contribution in [-0.4, -0.2) is 27.1 Å². The molecule has 0 fully saturated rings. The number of ether oxygens (including phenoxy) is 2. The number of nitro groups is 1. The van der Waals surface area contributed by atoms with Gasteiger partial charge in [-0.2, -0.15) is 8.78 Å². The summed E-state index contributed by atoms with van der Waals surface area (Å²) >= 11 is 0. The molecule has 0 atom stereocenters. The third kappa shape index (κ3) is 4.32. The number of benzene rings is 2. The van der Waals surface area contributed by atoms with Gasteiger partial charge >= 0.3 is 12.3 Å². The number of nitrogens with zero attached hydrogens (tertiary/aromatic N) is 1. The van der Waals surface area contributed by atoms with Crippen LogP contribution in [0.1, 0.15) is 0 Å². The van der Waals surface area contributed by atoms with Gasteiger partial charge in [0.1, 0.15) is 5.75 Å². The molecule has 0 radical (unpaired) electrons. The standard InChI is InChI=1S/C14H12F2N2O6S/c1-23-13-7-6-9(8-11(13)18(19)20)25(21,22)17-10-4-2-3-5-12(10)24-14(15)16/h2-8,14,17H,1H3. The maximum absolute atomic E-state index is 12.4. The lowest BCUT2D eigenvalue weighted by Crippen LogP contribution is -2.15. The van der Waals surface area contributed by atoms with Crippen molar-refractivity contribution in [3.05, 3.63) is 52.6 Å². The first-order valence-electron chi connectivity index (χ1n) is 6.63.